The van der Waals surface area contributed by atoms with Gasteiger partial charge in [-0.15, -0.1) is 0 Å². The summed E-state index contributed by atoms with van der Waals surface area (Å²) in [6.07, 6.45) is 3.88. The van der Waals surface area contributed by atoms with Crippen LogP contribution >= 0.6 is 0 Å². The third kappa shape index (κ3) is 3.56. The van der Waals surface area contributed by atoms with Gasteiger partial charge in [-0.25, -0.2) is 0 Å². The largest absolute Gasteiger partial charge is 0.477 e. The van der Waals surface area contributed by atoms with Crippen molar-refractivity contribution in [3.8, 4) is 5.88 Å². The Kier molecular flexibility index (Phi) is 4.54. The Balaban J connectivity index is 2.09. The molecule has 0 radical (unpaired) electrons. The van der Waals surface area contributed by atoms with Gasteiger partial charge in [0, 0.05) is 6.54 Å². The van der Waals surface area contributed by atoms with Gasteiger partial charge in [0.2, 0.25) is 11.8 Å². The molecule has 6 nitrogen and oxygen atoms in total. The van der Waals surface area contributed by atoms with Crippen molar-refractivity contribution in [2.45, 2.75) is 33.6 Å². The molecule has 0 atom stereocenters. The van der Waals surface area contributed by atoms with Gasteiger partial charge in [0.05, 0.1) is 12.8 Å². The van der Waals surface area contributed by atoms with Crippen molar-refractivity contribution in [1.29, 1.82) is 0 Å². The second kappa shape index (κ2) is 6.36. The van der Waals surface area contributed by atoms with E-state index in [4.69, 9.17) is 4.74 Å². The first kappa shape index (κ1) is 13.6. The molecule has 0 aliphatic rings. The number of anilines is 1. The monoisotopic (exact) mass is 263 g/mol. The summed E-state index contributed by atoms with van der Waals surface area (Å²) in [7, 11) is 0. The number of H-pyrrole nitrogens is 1. The topological polar surface area (TPSA) is 75.7 Å². The molecule has 6 heteroatoms. The Hall–Kier alpha value is -1.85. The van der Waals surface area contributed by atoms with Crippen LogP contribution in [0.3, 0.4) is 0 Å². The maximum absolute atomic E-state index is 5.76. The van der Waals surface area contributed by atoms with Gasteiger partial charge in [0.15, 0.2) is 5.65 Å². The fourth-order valence-electron chi connectivity index (χ4n) is 1.82. The van der Waals surface area contributed by atoms with Gasteiger partial charge in [0.25, 0.3) is 0 Å². The number of nitrogens with one attached hydrogen (secondary N) is 2. The van der Waals surface area contributed by atoms with Gasteiger partial charge in [-0.3, -0.25) is 5.10 Å². The minimum atomic E-state index is 0.568. The highest BCUT2D eigenvalue weighted by Gasteiger charge is 2.10. The zero-order valence-corrected chi connectivity index (χ0v) is 11.7. The standard InChI is InChI=1S/C13H21N5O/c1-4-14-13-16-11-10(8-15-18-11)12(17-13)19-7-5-6-9(2)3/h8-9H,4-7H2,1-3H3,(H2,14,15,16,17,18). The van der Waals surface area contributed by atoms with Crippen LogP contribution in [0.25, 0.3) is 11.0 Å². The van der Waals surface area contributed by atoms with E-state index in [1.54, 1.807) is 6.20 Å². The fraction of sp³-hybridized carbons (Fsp3) is 0.615. The number of aromatic nitrogens is 4. The Bertz CT molecular complexity index is 523. The molecule has 0 aromatic carbocycles. The molecule has 0 aliphatic carbocycles. The third-order valence-electron chi connectivity index (χ3n) is 2.77. The number of ether oxygens (including phenoxy) is 1. The van der Waals surface area contributed by atoms with E-state index in [1.807, 2.05) is 6.92 Å². The summed E-state index contributed by atoms with van der Waals surface area (Å²) < 4.78 is 5.76. The Morgan fingerprint density at radius 2 is 2.21 bits per heavy atom. The van der Waals surface area contributed by atoms with Crippen LogP contribution in [0.1, 0.15) is 33.6 Å². The molecule has 0 unspecified atom stereocenters. The third-order valence-corrected chi connectivity index (χ3v) is 2.77. The van der Waals surface area contributed by atoms with Crippen molar-refractivity contribution < 1.29 is 4.74 Å². The molecule has 0 saturated carbocycles. The number of fused-ring (bicyclic) bond motifs is 1. The van der Waals surface area contributed by atoms with E-state index in [2.05, 4.69) is 39.3 Å². The predicted molar refractivity (Wildman–Crippen MR) is 75.4 cm³/mol. The highest BCUT2D eigenvalue weighted by Crippen LogP contribution is 2.22. The predicted octanol–water partition coefficient (Wildman–Crippen LogP) is 2.60. The van der Waals surface area contributed by atoms with Crippen molar-refractivity contribution in [3.63, 3.8) is 0 Å². The quantitative estimate of drug-likeness (QED) is 0.751. The molecule has 0 fully saturated rings. The second-order valence-electron chi connectivity index (χ2n) is 4.90. The van der Waals surface area contributed by atoms with E-state index in [9.17, 15) is 0 Å². The van der Waals surface area contributed by atoms with Gasteiger partial charge in [-0.05, 0) is 25.7 Å². The maximum atomic E-state index is 5.76. The lowest BCUT2D eigenvalue weighted by molar-refractivity contribution is 0.291. The Morgan fingerprint density at radius 1 is 1.37 bits per heavy atom. The average molecular weight is 263 g/mol. The Morgan fingerprint density at radius 3 is 2.95 bits per heavy atom. The zero-order chi connectivity index (χ0) is 13.7. The van der Waals surface area contributed by atoms with E-state index in [-0.39, 0.29) is 0 Å². The number of nitrogens with zero attached hydrogens (tertiary/aromatic N) is 3. The van der Waals surface area contributed by atoms with Crippen molar-refractivity contribution in [2.75, 3.05) is 18.5 Å². The lowest BCUT2D eigenvalue weighted by atomic mass is 10.1. The van der Waals surface area contributed by atoms with E-state index in [0.717, 1.165) is 24.8 Å². The summed E-state index contributed by atoms with van der Waals surface area (Å²) in [5.74, 6) is 1.86. The number of aromatic amines is 1. The zero-order valence-electron chi connectivity index (χ0n) is 11.7. The molecule has 0 bridgehead atoms. The molecular formula is C13H21N5O. The molecule has 2 aromatic rings. The maximum Gasteiger partial charge on any atom is 0.229 e. The molecule has 0 amide bonds. The van der Waals surface area contributed by atoms with Gasteiger partial charge in [-0.2, -0.15) is 15.1 Å². The SMILES string of the molecule is CCNc1nc(OCCCC(C)C)c2cn[nH]c2n1. The van der Waals surface area contributed by atoms with Crippen LogP contribution in [-0.4, -0.2) is 33.3 Å². The fourth-order valence-corrected chi connectivity index (χ4v) is 1.82. The summed E-state index contributed by atoms with van der Waals surface area (Å²) in [6.45, 7) is 7.86. The van der Waals surface area contributed by atoms with Crippen LogP contribution in [0.15, 0.2) is 6.20 Å². The van der Waals surface area contributed by atoms with Crippen molar-refractivity contribution in [2.24, 2.45) is 5.92 Å². The lowest BCUT2D eigenvalue weighted by Gasteiger charge is -2.09. The average Bonchev–Trinajstić information content (AvgIpc) is 2.83. The first-order valence-corrected chi connectivity index (χ1v) is 6.78. The molecule has 2 heterocycles. The molecule has 19 heavy (non-hydrogen) atoms. The van der Waals surface area contributed by atoms with E-state index in [1.165, 1.54) is 0 Å². The number of rotatable bonds is 7. The minimum absolute atomic E-state index is 0.568. The summed E-state index contributed by atoms with van der Waals surface area (Å²) in [6, 6.07) is 0. The van der Waals surface area contributed by atoms with Gasteiger partial charge >= 0.3 is 0 Å². The number of hydrogen-bond acceptors (Lipinski definition) is 5. The van der Waals surface area contributed by atoms with Gasteiger partial charge in [-0.1, -0.05) is 13.8 Å². The van der Waals surface area contributed by atoms with Crippen molar-refractivity contribution in [1.82, 2.24) is 20.2 Å². The van der Waals surface area contributed by atoms with E-state index in [0.29, 0.717) is 30.0 Å². The van der Waals surface area contributed by atoms with Crippen molar-refractivity contribution in [3.05, 3.63) is 6.20 Å². The molecule has 0 aliphatic heterocycles. The molecule has 0 spiro atoms. The molecule has 0 saturated heterocycles. The van der Waals surface area contributed by atoms with Crippen LogP contribution in [0.5, 0.6) is 5.88 Å². The minimum Gasteiger partial charge on any atom is -0.477 e. The van der Waals surface area contributed by atoms with Crippen LogP contribution in [0, 0.1) is 5.92 Å². The smallest absolute Gasteiger partial charge is 0.229 e. The number of hydrogen-bond donors (Lipinski definition) is 2. The van der Waals surface area contributed by atoms with Crippen molar-refractivity contribution >= 4 is 17.0 Å². The van der Waals surface area contributed by atoms with Gasteiger partial charge < -0.3 is 10.1 Å². The highest BCUT2D eigenvalue weighted by atomic mass is 16.5. The summed E-state index contributed by atoms with van der Waals surface area (Å²) in [5.41, 5.74) is 0.699. The summed E-state index contributed by atoms with van der Waals surface area (Å²) >= 11 is 0. The molecule has 2 aromatic heterocycles. The Labute approximate surface area is 113 Å². The van der Waals surface area contributed by atoms with Gasteiger partial charge in [0.1, 0.15) is 5.39 Å². The summed E-state index contributed by atoms with van der Waals surface area (Å²) in [5, 5.41) is 10.7. The van der Waals surface area contributed by atoms with E-state index >= 15 is 0 Å². The molecular weight excluding hydrogens is 242 g/mol. The summed E-state index contributed by atoms with van der Waals surface area (Å²) in [4.78, 5) is 8.70. The first-order chi connectivity index (χ1) is 9.20. The lowest BCUT2D eigenvalue weighted by Crippen LogP contribution is -2.06. The van der Waals surface area contributed by atoms with Crippen LogP contribution in [-0.2, 0) is 0 Å². The molecule has 104 valence electrons. The first-order valence-electron chi connectivity index (χ1n) is 6.78. The second-order valence-corrected chi connectivity index (χ2v) is 4.90. The van der Waals surface area contributed by atoms with Crippen LogP contribution < -0.4 is 10.1 Å². The molecule has 2 N–H and O–H groups in total. The van der Waals surface area contributed by atoms with E-state index < -0.39 is 0 Å². The molecule has 2 rings (SSSR count). The van der Waals surface area contributed by atoms with Crippen LogP contribution in [0.2, 0.25) is 0 Å². The normalized spacial score (nSPS) is 11.2. The highest BCUT2D eigenvalue weighted by molar-refractivity contribution is 5.80. The van der Waals surface area contributed by atoms with Crippen LogP contribution in [0.4, 0.5) is 5.95 Å².